The Kier molecular flexibility index (Phi) is 5.64. The minimum atomic E-state index is -0.165. The van der Waals surface area contributed by atoms with E-state index < -0.39 is 0 Å². The average Bonchev–Trinajstić information content (AvgIpc) is 2.52. The van der Waals surface area contributed by atoms with Gasteiger partial charge in [0, 0.05) is 11.6 Å². The Bertz CT molecular complexity index is 613. The van der Waals surface area contributed by atoms with Crippen LogP contribution < -0.4 is 10.1 Å². The number of amides is 1. The number of ether oxygens (including phenoxy) is 1. The van der Waals surface area contributed by atoms with E-state index >= 15 is 0 Å². The van der Waals surface area contributed by atoms with Crippen LogP contribution in [0.2, 0.25) is 5.02 Å². The van der Waals surface area contributed by atoms with Gasteiger partial charge in [-0.05, 0) is 30.2 Å². The quantitative estimate of drug-likeness (QED) is 0.874. The fourth-order valence-corrected chi connectivity index (χ4v) is 2.11. The molecule has 4 heteroatoms. The molecule has 2 aromatic rings. The first-order chi connectivity index (χ1) is 10.2. The molecule has 21 heavy (non-hydrogen) atoms. The summed E-state index contributed by atoms with van der Waals surface area (Å²) in [6.07, 6.45) is 0.898. The molecule has 0 saturated carbocycles. The number of hydrogen-bond acceptors (Lipinski definition) is 2. The molecule has 0 fully saturated rings. The molecule has 3 nitrogen and oxygen atoms in total. The van der Waals surface area contributed by atoms with Crippen LogP contribution in [0.15, 0.2) is 48.5 Å². The molecule has 1 amide bonds. The Hall–Kier alpha value is -2.00. The molecule has 110 valence electrons. The summed E-state index contributed by atoms with van der Waals surface area (Å²) in [5.41, 5.74) is 1.43. The standard InChI is InChI=1S/C17H18ClNO2/c1-2-11-21-16-10-6-4-8-14(16)17(20)19-12-13-7-3-5-9-15(13)18/h3-10H,2,11-12H2,1H3,(H,19,20). The summed E-state index contributed by atoms with van der Waals surface area (Å²) in [6, 6.07) is 14.7. The zero-order valence-electron chi connectivity index (χ0n) is 11.9. The van der Waals surface area contributed by atoms with Gasteiger partial charge < -0.3 is 10.1 Å². The van der Waals surface area contributed by atoms with E-state index in [2.05, 4.69) is 5.32 Å². The molecule has 0 unspecified atom stereocenters. The topological polar surface area (TPSA) is 38.3 Å². The Labute approximate surface area is 129 Å². The number of hydrogen-bond donors (Lipinski definition) is 1. The van der Waals surface area contributed by atoms with Crippen molar-refractivity contribution in [1.29, 1.82) is 0 Å². The molecular weight excluding hydrogens is 286 g/mol. The van der Waals surface area contributed by atoms with Crippen LogP contribution in [0.25, 0.3) is 0 Å². The lowest BCUT2D eigenvalue weighted by molar-refractivity contribution is 0.0947. The lowest BCUT2D eigenvalue weighted by Gasteiger charge is -2.11. The Morgan fingerprint density at radius 2 is 1.86 bits per heavy atom. The van der Waals surface area contributed by atoms with Gasteiger partial charge in [-0.3, -0.25) is 4.79 Å². The summed E-state index contributed by atoms with van der Waals surface area (Å²) in [6.45, 7) is 3.01. The third-order valence-corrected chi connectivity index (χ3v) is 3.36. The van der Waals surface area contributed by atoms with Gasteiger partial charge in [-0.25, -0.2) is 0 Å². The molecular formula is C17H18ClNO2. The molecule has 0 atom stereocenters. The van der Waals surface area contributed by atoms with Crippen molar-refractivity contribution in [3.63, 3.8) is 0 Å². The van der Waals surface area contributed by atoms with Gasteiger partial charge in [0.15, 0.2) is 0 Å². The number of carbonyl (C=O) groups is 1. The van der Waals surface area contributed by atoms with E-state index in [-0.39, 0.29) is 5.91 Å². The van der Waals surface area contributed by atoms with Crippen molar-refractivity contribution in [2.75, 3.05) is 6.61 Å². The largest absolute Gasteiger partial charge is 0.493 e. The first kappa shape index (κ1) is 15.4. The van der Waals surface area contributed by atoms with E-state index in [0.29, 0.717) is 29.5 Å². The number of benzene rings is 2. The number of halogens is 1. The highest BCUT2D eigenvalue weighted by atomic mass is 35.5. The van der Waals surface area contributed by atoms with Crippen molar-refractivity contribution in [2.24, 2.45) is 0 Å². The summed E-state index contributed by atoms with van der Waals surface area (Å²) in [5.74, 6) is 0.442. The normalized spacial score (nSPS) is 10.2. The number of nitrogens with one attached hydrogen (secondary N) is 1. The average molecular weight is 304 g/mol. The molecule has 0 heterocycles. The van der Waals surface area contributed by atoms with Crippen molar-refractivity contribution in [1.82, 2.24) is 5.32 Å². The van der Waals surface area contributed by atoms with Crippen molar-refractivity contribution in [2.45, 2.75) is 19.9 Å². The summed E-state index contributed by atoms with van der Waals surface area (Å²) in [4.78, 5) is 12.3. The first-order valence-electron chi connectivity index (χ1n) is 6.95. The van der Waals surface area contributed by atoms with Gasteiger partial charge in [0.1, 0.15) is 5.75 Å². The molecule has 0 aromatic heterocycles. The van der Waals surface area contributed by atoms with Crippen molar-refractivity contribution in [3.8, 4) is 5.75 Å². The maximum Gasteiger partial charge on any atom is 0.255 e. The fourth-order valence-electron chi connectivity index (χ4n) is 1.90. The highest BCUT2D eigenvalue weighted by Crippen LogP contribution is 2.19. The molecule has 0 aliphatic heterocycles. The first-order valence-corrected chi connectivity index (χ1v) is 7.33. The van der Waals surface area contributed by atoms with E-state index in [0.717, 1.165) is 12.0 Å². The van der Waals surface area contributed by atoms with Crippen LogP contribution in [0.4, 0.5) is 0 Å². The summed E-state index contributed by atoms with van der Waals surface area (Å²) in [5, 5.41) is 3.52. The zero-order chi connectivity index (χ0) is 15.1. The van der Waals surface area contributed by atoms with Gasteiger partial charge in [0.05, 0.1) is 12.2 Å². The van der Waals surface area contributed by atoms with Gasteiger partial charge in [0.2, 0.25) is 0 Å². The van der Waals surface area contributed by atoms with Gasteiger partial charge in [-0.15, -0.1) is 0 Å². The van der Waals surface area contributed by atoms with Crippen molar-refractivity contribution >= 4 is 17.5 Å². The van der Waals surface area contributed by atoms with E-state index in [1.807, 2.05) is 37.3 Å². The molecule has 0 spiro atoms. The summed E-state index contributed by atoms with van der Waals surface area (Å²) >= 11 is 6.08. The van der Waals surface area contributed by atoms with E-state index in [1.54, 1.807) is 18.2 Å². The molecule has 0 radical (unpaired) electrons. The van der Waals surface area contributed by atoms with Crippen molar-refractivity contribution in [3.05, 3.63) is 64.7 Å². The minimum Gasteiger partial charge on any atom is -0.493 e. The molecule has 0 bridgehead atoms. The second kappa shape index (κ2) is 7.70. The Balaban J connectivity index is 2.05. The van der Waals surface area contributed by atoms with Crippen molar-refractivity contribution < 1.29 is 9.53 Å². The lowest BCUT2D eigenvalue weighted by Crippen LogP contribution is -2.23. The number of carbonyl (C=O) groups excluding carboxylic acids is 1. The molecule has 0 saturated heterocycles. The Morgan fingerprint density at radius 3 is 2.62 bits per heavy atom. The fraction of sp³-hybridized carbons (Fsp3) is 0.235. The monoisotopic (exact) mass is 303 g/mol. The van der Waals surface area contributed by atoms with Gasteiger partial charge >= 0.3 is 0 Å². The van der Waals surface area contributed by atoms with Crippen LogP contribution >= 0.6 is 11.6 Å². The van der Waals surface area contributed by atoms with Crippen LogP contribution in [0.5, 0.6) is 5.75 Å². The smallest absolute Gasteiger partial charge is 0.255 e. The van der Waals surface area contributed by atoms with Gasteiger partial charge in [-0.2, -0.15) is 0 Å². The highest BCUT2D eigenvalue weighted by molar-refractivity contribution is 6.31. The SMILES string of the molecule is CCCOc1ccccc1C(=O)NCc1ccccc1Cl. The molecule has 0 aliphatic carbocycles. The van der Waals surface area contributed by atoms with E-state index in [1.165, 1.54) is 0 Å². The lowest BCUT2D eigenvalue weighted by atomic mass is 10.1. The summed E-state index contributed by atoms with van der Waals surface area (Å²) in [7, 11) is 0. The zero-order valence-corrected chi connectivity index (χ0v) is 12.7. The number of para-hydroxylation sites is 1. The summed E-state index contributed by atoms with van der Waals surface area (Å²) < 4.78 is 5.60. The predicted octanol–water partition coefficient (Wildman–Crippen LogP) is 4.06. The van der Waals surface area contributed by atoms with Crippen LogP contribution in [-0.4, -0.2) is 12.5 Å². The van der Waals surface area contributed by atoms with E-state index in [4.69, 9.17) is 16.3 Å². The third kappa shape index (κ3) is 4.23. The highest BCUT2D eigenvalue weighted by Gasteiger charge is 2.12. The Morgan fingerprint density at radius 1 is 1.14 bits per heavy atom. The second-order valence-electron chi connectivity index (χ2n) is 4.62. The minimum absolute atomic E-state index is 0.165. The predicted molar refractivity (Wildman–Crippen MR) is 84.9 cm³/mol. The number of rotatable bonds is 6. The van der Waals surface area contributed by atoms with Crippen LogP contribution in [0.3, 0.4) is 0 Å². The molecule has 0 aliphatic rings. The second-order valence-corrected chi connectivity index (χ2v) is 5.03. The maximum atomic E-state index is 12.3. The van der Waals surface area contributed by atoms with Gasteiger partial charge in [-0.1, -0.05) is 48.9 Å². The third-order valence-electron chi connectivity index (χ3n) is 2.99. The van der Waals surface area contributed by atoms with Crippen LogP contribution in [-0.2, 0) is 6.54 Å². The molecule has 1 N–H and O–H groups in total. The van der Waals surface area contributed by atoms with Gasteiger partial charge in [0.25, 0.3) is 5.91 Å². The van der Waals surface area contributed by atoms with E-state index in [9.17, 15) is 4.79 Å². The molecule has 2 rings (SSSR count). The van der Waals surface area contributed by atoms with Crippen LogP contribution in [0.1, 0.15) is 29.3 Å². The maximum absolute atomic E-state index is 12.3. The molecule has 2 aromatic carbocycles. The van der Waals surface area contributed by atoms with Crippen LogP contribution in [0, 0.1) is 0 Å².